The topological polar surface area (TPSA) is 9.23 Å². The molecule has 0 radical (unpaired) electrons. The Morgan fingerprint density at radius 1 is 1.05 bits per heavy atom. The van der Waals surface area contributed by atoms with E-state index < -0.39 is 0 Å². The highest BCUT2D eigenvalue weighted by atomic mass is 19.1. The van der Waals surface area contributed by atoms with E-state index in [0.29, 0.717) is 0 Å². The third kappa shape index (κ3) is 2.69. The molecule has 1 aromatic carbocycles. The third-order valence-corrected chi connectivity index (χ3v) is 5.07. The van der Waals surface area contributed by atoms with Crippen LogP contribution in [0.25, 0.3) is 0 Å². The maximum atomic E-state index is 13.1. The first-order valence-corrected chi connectivity index (χ1v) is 7.50. The van der Waals surface area contributed by atoms with E-state index in [0.717, 1.165) is 38.7 Å². The second-order valence-corrected chi connectivity index (χ2v) is 5.81. The van der Waals surface area contributed by atoms with Gasteiger partial charge in [0.25, 0.3) is 0 Å². The minimum absolute atomic E-state index is 0.00263. The second kappa shape index (κ2) is 5.62. The first-order valence-electron chi connectivity index (χ1n) is 7.50. The Morgan fingerprint density at radius 2 is 1.68 bits per heavy atom. The monoisotopic (exact) mass is 264 g/mol. The maximum Gasteiger partial charge on any atom is 0.123 e. The molecule has 0 spiro atoms. The van der Waals surface area contributed by atoms with Crippen LogP contribution in [-0.2, 0) is 10.2 Å². The molecule has 2 rings (SSSR count). The van der Waals surface area contributed by atoms with Gasteiger partial charge in [0, 0.05) is 6.61 Å². The summed E-state index contributed by atoms with van der Waals surface area (Å²) in [5.41, 5.74) is 1.42. The van der Waals surface area contributed by atoms with Gasteiger partial charge in [-0.1, -0.05) is 32.9 Å². The molecule has 1 saturated heterocycles. The lowest BCUT2D eigenvalue weighted by molar-refractivity contribution is -0.111. The van der Waals surface area contributed by atoms with Crippen LogP contribution in [0, 0.1) is 5.82 Å². The van der Waals surface area contributed by atoms with E-state index in [9.17, 15) is 4.39 Å². The minimum atomic E-state index is -0.153. The number of halogens is 1. The fraction of sp³-hybridized carbons (Fsp3) is 0.647. The first-order chi connectivity index (χ1) is 9.10. The summed E-state index contributed by atoms with van der Waals surface area (Å²) in [4.78, 5) is 0. The third-order valence-electron chi connectivity index (χ3n) is 5.07. The van der Waals surface area contributed by atoms with Crippen molar-refractivity contribution in [2.75, 3.05) is 6.61 Å². The lowest BCUT2D eigenvalue weighted by atomic mass is 9.66. The Kier molecular flexibility index (Phi) is 4.29. The van der Waals surface area contributed by atoms with E-state index in [-0.39, 0.29) is 16.8 Å². The summed E-state index contributed by atoms with van der Waals surface area (Å²) in [6.45, 7) is 7.47. The molecule has 0 N–H and O–H groups in total. The van der Waals surface area contributed by atoms with E-state index in [1.54, 1.807) is 12.1 Å². The molecule has 0 amide bonds. The molecular formula is C17H25FO. The second-order valence-electron chi connectivity index (χ2n) is 5.81. The van der Waals surface area contributed by atoms with Crippen molar-refractivity contribution in [2.45, 2.75) is 63.9 Å². The Hall–Kier alpha value is -0.890. The van der Waals surface area contributed by atoms with Crippen molar-refractivity contribution in [1.82, 2.24) is 0 Å². The van der Waals surface area contributed by atoms with E-state index in [4.69, 9.17) is 4.74 Å². The molecule has 2 heteroatoms. The molecule has 1 heterocycles. The standard InChI is InChI=1S/C17H25FO/c1-4-16(14-7-9-15(18)10-8-14)11-12-19-17(5-2,6-3)13-16/h7-10H,4-6,11-13H2,1-3H3. The number of rotatable bonds is 4. The van der Waals surface area contributed by atoms with Crippen LogP contribution in [0.15, 0.2) is 24.3 Å². The van der Waals surface area contributed by atoms with Gasteiger partial charge in [-0.25, -0.2) is 4.39 Å². The predicted octanol–water partition coefficient (Wildman–Crippen LogP) is 4.84. The molecule has 0 aliphatic carbocycles. The van der Waals surface area contributed by atoms with Crippen molar-refractivity contribution in [3.63, 3.8) is 0 Å². The van der Waals surface area contributed by atoms with Crippen LogP contribution in [0.2, 0.25) is 0 Å². The minimum Gasteiger partial charge on any atom is -0.375 e. The quantitative estimate of drug-likeness (QED) is 0.756. The predicted molar refractivity (Wildman–Crippen MR) is 76.9 cm³/mol. The molecule has 1 aliphatic heterocycles. The Morgan fingerprint density at radius 3 is 2.21 bits per heavy atom. The van der Waals surface area contributed by atoms with Gasteiger partial charge in [-0.2, -0.15) is 0 Å². The van der Waals surface area contributed by atoms with Gasteiger partial charge in [-0.05, 0) is 55.2 Å². The van der Waals surface area contributed by atoms with Gasteiger partial charge in [0.1, 0.15) is 5.82 Å². The summed E-state index contributed by atoms with van der Waals surface area (Å²) in [5, 5.41) is 0. The molecule has 1 aliphatic rings. The Bertz CT molecular complexity index is 408. The molecule has 1 unspecified atom stereocenters. The van der Waals surface area contributed by atoms with E-state index >= 15 is 0 Å². The molecule has 1 atom stereocenters. The molecule has 0 aromatic heterocycles. The normalized spacial score (nSPS) is 26.3. The molecule has 0 saturated carbocycles. The highest BCUT2D eigenvalue weighted by Gasteiger charge is 2.43. The van der Waals surface area contributed by atoms with Gasteiger partial charge in [-0.3, -0.25) is 0 Å². The van der Waals surface area contributed by atoms with Crippen molar-refractivity contribution in [1.29, 1.82) is 0 Å². The fourth-order valence-corrected chi connectivity index (χ4v) is 3.48. The first kappa shape index (κ1) is 14.5. The van der Waals surface area contributed by atoms with Crippen molar-refractivity contribution >= 4 is 0 Å². The average Bonchev–Trinajstić information content (AvgIpc) is 2.47. The average molecular weight is 264 g/mol. The molecule has 106 valence electrons. The molecule has 0 bridgehead atoms. The zero-order chi connectivity index (χ0) is 13.9. The van der Waals surface area contributed by atoms with Crippen molar-refractivity contribution < 1.29 is 9.13 Å². The van der Waals surface area contributed by atoms with Crippen LogP contribution in [-0.4, -0.2) is 12.2 Å². The van der Waals surface area contributed by atoms with Crippen molar-refractivity contribution in [3.05, 3.63) is 35.6 Å². The van der Waals surface area contributed by atoms with Gasteiger partial charge in [0.15, 0.2) is 0 Å². The van der Waals surface area contributed by atoms with Crippen LogP contribution in [0.4, 0.5) is 4.39 Å². The van der Waals surface area contributed by atoms with Crippen molar-refractivity contribution in [2.24, 2.45) is 0 Å². The van der Waals surface area contributed by atoms with E-state index in [1.165, 1.54) is 5.56 Å². The Balaban J connectivity index is 2.34. The van der Waals surface area contributed by atoms with Gasteiger partial charge in [-0.15, -0.1) is 0 Å². The number of hydrogen-bond acceptors (Lipinski definition) is 1. The van der Waals surface area contributed by atoms with Gasteiger partial charge in [0.05, 0.1) is 5.60 Å². The molecular weight excluding hydrogens is 239 g/mol. The maximum absolute atomic E-state index is 13.1. The van der Waals surface area contributed by atoms with Gasteiger partial charge >= 0.3 is 0 Å². The SMILES string of the molecule is CCC1(CC)CC(CC)(c2ccc(F)cc2)CCO1. The number of benzene rings is 1. The molecule has 19 heavy (non-hydrogen) atoms. The molecule has 1 nitrogen and oxygen atoms in total. The largest absolute Gasteiger partial charge is 0.375 e. The zero-order valence-corrected chi connectivity index (χ0v) is 12.3. The summed E-state index contributed by atoms with van der Waals surface area (Å²) in [6.07, 6.45) is 5.27. The van der Waals surface area contributed by atoms with E-state index in [2.05, 4.69) is 20.8 Å². The summed E-state index contributed by atoms with van der Waals surface area (Å²) in [5.74, 6) is -0.153. The number of hydrogen-bond donors (Lipinski definition) is 0. The summed E-state index contributed by atoms with van der Waals surface area (Å²) >= 11 is 0. The van der Waals surface area contributed by atoms with Gasteiger partial charge < -0.3 is 4.74 Å². The van der Waals surface area contributed by atoms with E-state index in [1.807, 2.05) is 12.1 Å². The van der Waals surface area contributed by atoms with Crippen LogP contribution < -0.4 is 0 Å². The zero-order valence-electron chi connectivity index (χ0n) is 12.3. The smallest absolute Gasteiger partial charge is 0.123 e. The Labute approximate surface area is 116 Å². The number of ether oxygens (including phenoxy) is 1. The van der Waals surface area contributed by atoms with Crippen LogP contribution in [0.3, 0.4) is 0 Å². The fourth-order valence-electron chi connectivity index (χ4n) is 3.48. The summed E-state index contributed by atoms with van der Waals surface area (Å²) < 4.78 is 19.2. The van der Waals surface area contributed by atoms with Crippen LogP contribution >= 0.6 is 0 Å². The van der Waals surface area contributed by atoms with Gasteiger partial charge in [0.2, 0.25) is 0 Å². The highest BCUT2D eigenvalue weighted by molar-refractivity contribution is 5.27. The van der Waals surface area contributed by atoms with Crippen LogP contribution in [0.1, 0.15) is 58.4 Å². The highest BCUT2D eigenvalue weighted by Crippen LogP contribution is 2.46. The van der Waals surface area contributed by atoms with Crippen molar-refractivity contribution in [3.8, 4) is 0 Å². The molecule has 1 aromatic rings. The molecule has 1 fully saturated rings. The van der Waals surface area contributed by atoms with Crippen LogP contribution in [0.5, 0.6) is 0 Å². The summed E-state index contributed by atoms with van der Waals surface area (Å²) in [7, 11) is 0. The summed E-state index contributed by atoms with van der Waals surface area (Å²) in [6, 6.07) is 7.09. The lowest BCUT2D eigenvalue weighted by Crippen LogP contribution is -2.46. The lowest BCUT2D eigenvalue weighted by Gasteiger charge is -2.47.